The van der Waals surface area contributed by atoms with Crippen molar-refractivity contribution in [2.24, 2.45) is 5.73 Å². The van der Waals surface area contributed by atoms with Gasteiger partial charge < -0.3 is 10.6 Å². The number of likely N-dealkylation sites (N-methyl/N-ethyl adjacent to an activating group) is 1. The standard InChI is InChI=1S/C15H26N4S/c1-3-4-13-14(9-16)20-15(17-13)19-8-7-11-5-6-12(10-19)18(11)2/h11-12H,3-10,16H2,1-2H3. The molecule has 3 rings (SSSR count). The van der Waals surface area contributed by atoms with Crippen LogP contribution in [0.5, 0.6) is 0 Å². The molecule has 2 bridgehead atoms. The lowest BCUT2D eigenvalue weighted by atomic mass is 10.1. The highest BCUT2D eigenvalue weighted by Crippen LogP contribution is 2.33. The summed E-state index contributed by atoms with van der Waals surface area (Å²) in [5, 5.41) is 1.20. The molecule has 1 aromatic rings. The van der Waals surface area contributed by atoms with Gasteiger partial charge in [0.2, 0.25) is 0 Å². The number of fused-ring (bicyclic) bond motifs is 2. The smallest absolute Gasteiger partial charge is 0.185 e. The third-order valence-electron chi connectivity index (χ3n) is 4.86. The molecule has 4 nitrogen and oxygen atoms in total. The lowest BCUT2D eigenvalue weighted by Gasteiger charge is -2.25. The summed E-state index contributed by atoms with van der Waals surface area (Å²) in [6.45, 7) is 5.12. The molecule has 2 aliphatic heterocycles. The second kappa shape index (κ2) is 6.00. The first-order valence-corrected chi connectivity index (χ1v) is 8.70. The lowest BCUT2D eigenvalue weighted by Crippen LogP contribution is -2.36. The molecule has 0 amide bonds. The van der Waals surface area contributed by atoms with Gasteiger partial charge in [-0.05, 0) is 32.7 Å². The summed E-state index contributed by atoms with van der Waals surface area (Å²) < 4.78 is 0. The Labute approximate surface area is 126 Å². The molecule has 112 valence electrons. The van der Waals surface area contributed by atoms with Gasteiger partial charge in [-0.25, -0.2) is 4.98 Å². The van der Waals surface area contributed by atoms with Gasteiger partial charge in [0.25, 0.3) is 0 Å². The van der Waals surface area contributed by atoms with E-state index in [2.05, 4.69) is 23.8 Å². The van der Waals surface area contributed by atoms with Gasteiger partial charge in [-0.2, -0.15) is 0 Å². The van der Waals surface area contributed by atoms with Crippen LogP contribution in [0, 0.1) is 0 Å². The van der Waals surface area contributed by atoms with Crippen molar-refractivity contribution in [1.29, 1.82) is 0 Å². The van der Waals surface area contributed by atoms with Crippen molar-refractivity contribution in [3.63, 3.8) is 0 Å². The number of nitrogens with zero attached hydrogens (tertiary/aromatic N) is 3. The van der Waals surface area contributed by atoms with E-state index in [4.69, 9.17) is 10.7 Å². The summed E-state index contributed by atoms with van der Waals surface area (Å²) in [6.07, 6.45) is 6.19. The molecule has 2 atom stereocenters. The van der Waals surface area contributed by atoms with Crippen LogP contribution in [0.25, 0.3) is 0 Å². The molecule has 0 aromatic carbocycles. The van der Waals surface area contributed by atoms with Crippen molar-refractivity contribution >= 4 is 16.5 Å². The number of hydrogen-bond acceptors (Lipinski definition) is 5. The van der Waals surface area contributed by atoms with Crippen LogP contribution in [-0.2, 0) is 13.0 Å². The summed E-state index contributed by atoms with van der Waals surface area (Å²) >= 11 is 1.82. The predicted octanol–water partition coefficient (Wildman–Crippen LogP) is 2.23. The van der Waals surface area contributed by atoms with E-state index in [0.29, 0.717) is 12.6 Å². The first-order chi connectivity index (χ1) is 9.72. The number of anilines is 1. The minimum Gasteiger partial charge on any atom is -0.346 e. The molecule has 2 fully saturated rings. The van der Waals surface area contributed by atoms with E-state index in [1.165, 1.54) is 35.0 Å². The van der Waals surface area contributed by atoms with E-state index < -0.39 is 0 Å². The van der Waals surface area contributed by atoms with Crippen LogP contribution >= 0.6 is 11.3 Å². The minimum absolute atomic E-state index is 0.632. The third-order valence-corrected chi connectivity index (χ3v) is 6.04. The van der Waals surface area contributed by atoms with Gasteiger partial charge in [0.15, 0.2) is 5.13 Å². The third kappa shape index (κ3) is 2.59. The molecule has 0 radical (unpaired) electrons. The topological polar surface area (TPSA) is 45.4 Å². The molecule has 1 aromatic heterocycles. The number of nitrogens with two attached hydrogens (primary N) is 1. The molecule has 2 saturated heterocycles. The van der Waals surface area contributed by atoms with Crippen LogP contribution in [0.4, 0.5) is 5.13 Å². The highest BCUT2D eigenvalue weighted by Gasteiger charge is 2.35. The van der Waals surface area contributed by atoms with Crippen LogP contribution < -0.4 is 10.6 Å². The maximum Gasteiger partial charge on any atom is 0.185 e. The summed E-state index contributed by atoms with van der Waals surface area (Å²) in [5.41, 5.74) is 7.11. The van der Waals surface area contributed by atoms with Gasteiger partial charge in [-0.3, -0.25) is 4.90 Å². The Morgan fingerprint density at radius 1 is 1.30 bits per heavy atom. The van der Waals surface area contributed by atoms with Crippen molar-refractivity contribution in [2.75, 3.05) is 25.0 Å². The van der Waals surface area contributed by atoms with Crippen LogP contribution in [0.2, 0.25) is 0 Å². The van der Waals surface area contributed by atoms with E-state index in [-0.39, 0.29) is 0 Å². The second-order valence-corrected chi connectivity index (χ2v) is 7.17. The monoisotopic (exact) mass is 294 g/mol. The van der Waals surface area contributed by atoms with E-state index in [9.17, 15) is 0 Å². The van der Waals surface area contributed by atoms with Crippen LogP contribution in [0.15, 0.2) is 0 Å². The van der Waals surface area contributed by atoms with Gasteiger partial charge in [-0.1, -0.05) is 13.3 Å². The molecular formula is C15H26N4S. The fraction of sp³-hybridized carbons (Fsp3) is 0.800. The van der Waals surface area contributed by atoms with Gasteiger partial charge >= 0.3 is 0 Å². The van der Waals surface area contributed by atoms with Gasteiger partial charge in [0.05, 0.1) is 5.69 Å². The Bertz CT molecular complexity index is 459. The number of aryl methyl sites for hydroxylation is 1. The average Bonchev–Trinajstić information content (AvgIpc) is 2.92. The Balaban J connectivity index is 1.79. The van der Waals surface area contributed by atoms with Gasteiger partial charge in [0, 0.05) is 36.6 Å². The highest BCUT2D eigenvalue weighted by molar-refractivity contribution is 7.15. The van der Waals surface area contributed by atoms with Crippen molar-refractivity contribution in [1.82, 2.24) is 9.88 Å². The van der Waals surface area contributed by atoms with Crippen molar-refractivity contribution < 1.29 is 0 Å². The fourth-order valence-electron chi connectivity index (χ4n) is 3.58. The van der Waals surface area contributed by atoms with Crippen LogP contribution in [-0.4, -0.2) is 42.1 Å². The molecule has 20 heavy (non-hydrogen) atoms. The number of thiazole rings is 1. The zero-order valence-corrected chi connectivity index (χ0v) is 13.5. The Morgan fingerprint density at radius 2 is 2.10 bits per heavy atom. The van der Waals surface area contributed by atoms with Crippen LogP contribution in [0.3, 0.4) is 0 Å². The quantitative estimate of drug-likeness (QED) is 0.925. The molecule has 5 heteroatoms. The molecule has 2 aliphatic rings. The van der Waals surface area contributed by atoms with Gasteiger partial charge in [0.1, 0.15) is 0 Å². The lowest BCUT2D eigenvalue weighted by molar-refractivity contribution is 0.254. The summed E-state index contributed by atoms with van der Waals surface area (Å²) in [5.74, 6) is 0. The van der Waals surface area contributed by atoms with Crippen molar-refractivity contribution in [2.45, 2.75) is 57.7 Å². The number of rotatable bonds is 4. The molecule has 2 unspecified atom stereocenters. The van der Waals surface area contributed by atoms with E-state index in [1.54, 1.807) is 0 Å². The van der Waals surface area contributed by atoms with Crippen molar-refractivity contribution in [3.8, 4) is 0 Å². The second-order valence-electron chi connectivity index (χ2n) is 6.11. The predicted molar refractivity (Wildman–Crippen MR) is 85.4 cm³/mol. The minimum atomic E-state index is 0.632. The molecular weight excluding hydrogens is 268 g/mol. The van der Waals surface area contributed by atoms with Crippen molar-refractivity contribution in [3.05, 3.63) is 10.6 Å². The Hall–Kier alpha value is -0.650. The normalized spacial score (nSPS) is 27.1. The summed E-state index contributed by atoms with van der Waals surface area (Å²) in [6, 6.07) is 1.50. The highest BCUT2D eigenvalue weighted by atomic mass is 32.1. The largest absolute Gasteiger partial charge is 0.346 e. The first-order valence-electron chi connectivity index (χ1n) is 7.88. The molecule has 0 aliphatic carbocycles. The van der Waals surface area contributed by atoms with Crippen LogP contribution in [0.1, 0.15) is 43.2 Å². The van der Waals surface area contributed by atoms with E-state index >= 15 is 0 Å². The summed E-state index contributed by atoms with van der Waals surface area (Å²) in [7, 11) is 2.29. The fourth-order valence-corrected chi connectivity index (χ4v) is 4.60. The maximum atomic E-state index is 5.88. The van der Waals surface area contributed by atoms with Gasteiger partial charge in [-0.15, -0.1) is 11.3 Å². The first kappa shape index (κ1) is 14.3. The van der Waals surface area contributed by atoms with E-state index in [0.717, 1.165) is 32.0 Å². The summed E-state index contributed by atoms with van der Waals surface area (Å²) in [4.78, 5) is 11.3. The Morgan fingerprint density at radius 3 is 2.85 bits per heavy atom. The zero-order valence-electron chi connectivity index (χ0n) is 12.6. The SMILES string of the molecule is CCCc1nc(N2CCC3CCC(C2)N3C)sc1CN. The Kier molecular flexibility index (Phi) is 4.29. The molecule has 0 spiro atoms. The van der Waals surface area contributed by atoms with E-state index in [1.807, 2.05) is 11.3 Å². The molecule has 3 heterocycles. The molecule has 2 N–H and O–H groups in total. The number of hydrogen-bond donors (Lipinski definition) is 1. The maximum absolute atomic E-state index is 5.88. The number of aromatic nitrogens is 1. The molecule has 0 saturated carbocycles. The average molecular weight is 294 g/mol. The zero-order chi connectivity index (χ0) is 14.1.